The fourth-order valence-corrected chi connectivity index (χ4v) is 5.50. The third-order valence-corrected chi connectivity index (χ3v) is 6.03. The number of fused-ring (bicyclic) bond motifs is 5. The minimum Gasteiger partial charge on any atom is -0.119 e. The number of halogens is 2. The van der Waals surface area contributed by atoms with E-state index in [0.29, 0.717) is 11.8 Å². The summed E-state index contributed by atoms with van der Waals surface area (Å²) in [4.78, 5) is 0.0903. The van der Waals surface area contributed by atoms with Crippen LogP contribution in [-0.2, 0) is 0 Å². The fraction of sp³-hybridized carbons (Fsp3) is 1.00. The largest absolute Gasteiger partial charge is 0.119 e. The number of alkyl halides is 2. The Bertz CT molecular complexity index is 269. The van der Waals surface area contributed by atoms with Crippen LogP contribution in [0, 0.1) is 23.7 Å². The van der Waals surface area contributed by atoms with Gasteiger partial charge >= 0.3 is 0 Å². The summed E-state index contributed by atoms with van der Waals surface area (Å²) in [6, 6.07) is 0. The first-order valence-corrected chi connectivity index (χ1v) is 6.55. The van der Waals surface area contributed by atoms with Crippen molar-refractivity contribution < 1.29 is 0 Å². The summed E-state index contributed by atoms with van der Waals surface area (Å²) in [6.07, 6.45) is 5.12. The summed E-state index contributed by atoms with van der Waals surface area (Å²) in [5.41, 5.74) is 0. The summed E-state index contributed by atoms with van der Waals surface area (Å²) in [7, 11) is 0. The van der Waals surface area contributed by atoms with Gasteiger partial charge in [-0.1, -0.05) is 0 Å². The second-order valence-electron chi connectivity index (χ2n) is 6.09. The Balaban J connectivity index is 1.97. The molecule has 0 radical (unpaired) electrons. The molecule has 0 amide bonds. The summed E-state index contributed by atoms with van der Waals surface area (Å²) in [5, 5.41) is 0. The summed E-state index contributed by atoms with van der Waals surface area (Å²) >= 11 is 13.2. The lowest BCUT2D eigenvalue weighted by Crippen LogP contribution is -2.41. The van der Waals surface area contributed by atoms with Crippen molar-refractivity contribution in [3.8, 4) is 0 Å². The van der Waals surface area contributed by atoms with Crippen molar-refractivity contribution in [1.29, 1.82) is 0 Å². The van der Waals surface area contributed by atoms with Gasteiger partial charge in [-0.05, 0) is 63.2 Å². The van der Waals surface area contributed by atoms with Gasteiger partial charge in [0.2, 0.25) is 0 Å². The summed E-state index contributed by atoms with van der Waals surface area (Å²) < 4.78 is 0. The fourth-order valence-electron chi connectivity index (χ4n) is 4.65. The van der Waals surface area contributed by atoms with E-state index in [4.69, 9.17) is 23.2 Å². The molecule has 0 aromatic heterocycles. The van der Waals surface area contributed by atoms with Gasteiger partial charge in [-0.2, -0.15) is 0 Å². The van der Waals surface area contributed by atoms with E-state index in [0.717, 1.165) is 11.8 Å². The van der Waals surface area contributed by atoms with E-state index in [-0.39, 0.29) is 9.75 Å². The maximum Gasteiger partial charge on any atom is 0.0453 e. The standard InChI is InChI=1S/C12H18Cl2/c1-11(13)4-3-8-7-5-9(10(8)11)12(2,14)6-7/h7-10H,3-6H2,1-2H3. The van der Waals surface area contributed by atoms with Crippen LogP contribution >= 0.6 is 23.2 Å². The monoisotopic (exact) mass is 232 g/mol. The SMILES string of the molecule is CC1(Cl)CC2CC1C1C2CCC1(C)Cl. The molecule has 2 bridgehead atoms. The van der Waals surface area contributed by atoms with Crippen molar-refractivity contribution in [2.24, 2.45) is 23.7 Å². The highest BCUT2D eigenvalue weighted by atomic mass is 35.5. The van der Waals surface area contributed by atoms with Crippen LogP contribution in [0.3, 0.4) is 0 Å². The molecule has 0 saturated heterocycles. The van der Waals surface area contributed by atoms with E-state index in [1.807, 2.05) is 0 Å². The first-order valence-electron chi connectivity index (χ1n) is 5.80. The molecule has 0 N–H and O–H groups in total. The zero-order valence-electron chi connectivity index (χ0n) is 8.89. The molecule has 6 atom stereocenters. The van der Waals surface area contributed by atoms with Crippen LogP contribution in [-0.4, -0.2) is 9.75 Å². The Labute approximate surface area is 96.3 Å². The van der Waals surface area contributed by atoms with Gasteiger partial charge in [0.1, 0.15) is 0 Å². The second kappa shape index (κ2) is 2.63. The lowest BCUT2D eigenvalue weighted by Gasteiger charge is -2.40. The zero-order valence-corrected chi connectivity index (χ0v) is 10.4. The molecule has 3 fully saturated rings. The molecule has 0 nitrogen and oxygen atoms in total. The average molecular weight is 233 g/mol. The van der Waals surface area contributed by atoms with Gasteiger partial charge in [-0.15, -0.1) is 23.2 Å². The van der Waals surface area contributed by atoms with Gasteiger partial charge < -0.3 is 0 Å². The topological polar surface area (TPSA) is 0 Å². The van der Waals surface area contributed by atoms with Crippen LogP contribution in [0.1, 0.15) is 39.5 Å². The van der Waals surface area contributed by atoms with Gasteiger partial charge in [-0.3, -0.25) is 0 Å². The maximum atomic E-state index is 6.63. The Morgan fingerprint density at radius 3 is 2.57 bits per heavy atom. The predicted octanol–water partition coefficient (Wildman–Crippen LogP) is 4.05. The van der Waals surface area contributed by atoms with Crippen LogP contribution in [0.5, 0.6) is 0 Å². The third-order valence-electron chi connectivity index (χ3n) is 5.15. The zero-order chi connectivity index (χ0) is 10.1. The first-order chi connectivity index (χ1) is 6.42. The molecule has 0 spiro atoms. The molecule has 6 unspecified atom stereocenters. The molecule has 3 rings (SSSR count). The molecule has 80 valence electrons. The van der Waals surface area contributed by atoms with Crippen molar-refractivity contribution in [3.05, 3.63) is 0 Å². The van der Waals surface area contributed by atoms with Crippen molar-refractivity contribution in [1.82, 2.24) is 0 Å². The van der Waals surface area contributed by atoms with Gasteiger partial charge in [0.25, 0.3) is 0 Å². The highest BCUT2D eigenvalue weighted by Gasteiger charge is 2.63. The van der Waals surface area contributed by atoms with E-state index >= 15 is 0 Å². The molecular formula is C12H18Cl2. The van der Waals surface area contributed by atoms with Crippen LogP contribution in [0.2, 0.25) is 0 Å². The maximum absolute atomic E-state index is 6.63. The molecule has 0 aromatic rings. The minimum absolute atomic E-state index is 0.0423. The molecule has 0 aromatic carbocycles. The van der Waals surface area contributed by atoms with Gasteiger partial charge in [0, 0.05) is 9.75 Å². The van der Waals surface area contributed by atoms with E-state index in [2.05, 4.69) is 13.8 Å². The second-order valence-corrected chi connectivity index (χ2v) is 7.82. The van der Waals surface area contributed by atoms with Crippen LogP contribution in [0.4, 0.5) is 0 Å². The van der Waals surface area contributed by atoms with Crippen molar-refractivity contribution in [3.63, 3.8) is 0 Å². The Hall–Kier alpha value is 0.580. The highest BCUT2D eigenvalue weighted by Crippen LogP contribution is 2.67. The molecule has 3 saturated carbocycles. The molecule has 14 heavy (non-hydrogen) atoms. The Morgan fingerprint density at radius 2 is 1.86 bits per heavy atom. The minimum atomic E-state index is 0.0423. The Kier molecular flexibility index (Phi) is 1.84. The first kappa shape index (κ1) is 9.78. The van der Waals surface area contributed by atoms with Crippen LogP contribution in [0.15, 0.2) is 0 Å². The number of hydrogen-bond donors (Lipinski definition) is 0. The van der Waals surface area contributed by atoms with Crippen molar-refractivity contribution >= 4 is 23.2 Å². The van der Waals surface area contributed by atoms with Crippen LogP contribution < -0.4 is 0 Å². The molecule has 0 heterocycles. The number of rotatable bonds is 0. The molecule has 0 aliphatic heterocycles. The van der Waals surface area contributed by atoms with E-state index in [9.17, 15) is 0 Å². The predicted molar refractivity (Wildman–Crippen MR) is 60.9 cm³/mol. The van der Waals surface area contributed by atoms with Crippen LogP contribution in [0.25, 0.3) is 0 Å². The smallest absolute Gasteiger partial charge is 0.0453 e. The highest BCUT2D eigenvalue weighted by molar-refractivity contribution is 6.25. The molecular weight excluding hydrogens is 215 g/mol. The van der Waals surface area contributed by atoms with E-state index in [1.165, 1.54) is 25.7 Å². The Morgan fingerprint density at radius 1 is 1.14 bits per heavy atom. The van der Waals surface area contributed by atoms with Gasteiger partial charge in [0.15, 0.2) is 0 Å². The molecule has 3 aliphatic carbocycles. The van der Waals surface area contributed by atoms with Crippen molar-refractivity contribution in [2.45, 2.75) is 49.3 Å². The normalized spacial score (nSPS) is 66.0. The van der Waals surface area contributed by atoms with Crippen molar-refractivity contribution in [2.75, 3.05) is 0 Å². The van der Waals surface area contributed by atoms with E-state index in [1.54, 1.807) is 0 Å². The summed E-state index contributed by atoms with van der Waals surface area (Å²) in [5.74, 6) is 3.16. The summed E-state index contributed by atoms with van der Waals surface area (Å²) in [6.45, 7) is 4.45. The quantitative estimate of drug-likeness (QED) is 0.554. The van der Waals surface area contributed by atoms with Gasteiger partial charge in [-0.25, -0.2) is 0 Å². The molecule has 2 heteroatoms. The number of hydrogen-bond acceptors (Lipinski definition) is 0. The average Bonchev–Trinajstić information content (AvgIpc) is 2.60. The third kappa shape index (κ3) is 1.08. The van der Waals surface area contributed by atoms with Gasteiger partial charge in [0.05, 0.1) is 0 Å². The van der Waals surface area contributed by atoms with E-state index < -0.39 is 0 Å². The lowest BCUT2D eigenvalue weighted by molar-refractivity contribution is 0.196. The molecule has 3 aliphatic rings. The lowest BCUT2D eigenvalue weighted by atomic mass is 9.73.